The van der Waals surface area contributed by atoms with Crippen LogP contribution >= 0.6 is 0 Å². The number of rotatable bonds is 5. The Morgan fingerprint density at radius 3 is 2.63 bits per heavy atom. The van der Waals surface area contributed by atoms with Crippen LogP contribution in [0.5, 0.6) is 0 Å². The lowest BCUT2D eigenvalue weighted by atomic mass is 9.99. The van der Waals surface area contributed by atoms with E-state index in [1.165, 1.54) is 12.1 Å². The van der Waals surface area contributed by atoms with Crippen LogP contribution < -0.4 is 0 Å². The van der Waals surface area contributed by atoms with Crippen LogP contribution in [0.25, 0.3) is 11.1 Å². The Labute approximate surface area is 222 Å². The number of likely N-dealkylation sites (tertiary alicyclic amines) is 1. The van der Waals surface area contributed by atoms with Gasteiger partial charge in [0.1, 0.15) is 23.7 Å². The van der Waals surface area contributed by atoms with Crippen LogP contribution in [0.1, 0.15) is 37.1 Å². The Hall–Kier alpha value is -3.78. The predicted molar refractivity (Wildman–Crippen MR) is 144 cm³/mol. The minimum absolute atomic E-state index is 0.104. The molecule has 0 aliphatic carbocycles. The van der Waals surface area contributed by atoms with Gasteiger partial charge in [-0.25, -0.2) is 14.1 Å². The Morgan fingerprint density at radius 2 is 1.79 bits per heavy atom. The molecule has 8 heteroatoms. The number of fused-ring (bicyclic) bond motifs is 1. The van der Waals surface area contributed by atoms with Crippen molar-refractivity contribution >= 4 is 5.91 Å². The minimum atomic E-state index is -0.246. The summed E-state index contributed by atoms with van der Waals surface area (Å²) in [6.45, 7) is 4.78. The molecule has 7 nitrogen and oxygen atoms in total. The van der Waals surface area contributed by atoms with E-state index < -0.39 is 0 Å². The average molecular weight is 513 g/mol. The molecular weight excluding hydrogens is 479 g/mol. The zero-order chi connectivity index (χ0) is 25.9. The number of carbonyl (C=O) groups is 1. The van der Waals surface area contributed by atoms with Crippen molar-refractivity contribution in [2.24, 2.45) is 0 Å². The molecule has 6 rings (SSSR count). The van der Waals surface area contributed by atoms with E-state index in [1.807, 2.05) is 33.8 Å². The second-order valence-corrected chi connectivity index (χ2v) is 10.2. The van der Waals surface area contributed by atoms with Gasteiger partial charge < -0.3 is 9.80 Å². The Morgan fingerprint density at radius 1 is 0.974 bits per heavy atom. The lowest BCUT2D eigenvalue weighted by Crippen LogP contribution is -2.49. The summed E-state index contributed by atoms with van der Waals surface area (Å²) in [6.07, 6.45) is 11.6. The van der Waals surface area contributed by atoms with Crippen molar-refractivity contribution in [2.45, 2.75) is 51.4 Å². The fourth-order valence-corrected chi connectivity index (χ4v) is 5.81. The highest BCUT2D eigenvalue weighted by atomic mass is 19.1. The van der Waals surface area contributed by atoms with Gasteiger partial charge in [-0.15, -0.1) is 0 Å². The zero-order valence-corrected chi connectivity index (χ0v) is 21.5. The maximum atomic E-state index is 13.8. The molecular formula is C30H33FN6O. The fourth-order valence-electron chi connectivity index (χ4n) is 5.81. The summed E-state index contributed by atoms with van der Waals surface area (Å²) in [4.78, 5) is 24.8. The van der Waals surface area contributed by atoms with Crippen molar-refractivity contribution in [2.75, 3.05) is 19.6 Å². The number of piperidine rings is 1. The number of allylic oxidation sites excluding steroid dienone is 2. The minimum Gasteiger partial charge on any atom is -0.340 e. The molecule has 1 amide bonds. The third-order valence-corrected chi connectivity index (χ3v) is 7.91. The van der Waals surface area contributed by atoms with Gasteiger partial charge in [0, 0.05) is 38.4 Å². The van der Waals surface area contributed by atoms with E-state index in [-0.39, 0.29) is 11.7 Å². The summed E-state index contributed by atoms with van der Waals surface area (Å²) in [5.41, 5.74) is 3.86. The molecule has 1 saturated heterocycles. The van der Waals surface area contributed by atoms with Gasteiger partial charge in [0.05, 0.1) is 13.1 Å². The molecule has 0 spiro atoms. The third kappa shape index (κ3) is 5.13. The maximum Gasteiger partial charge on any atom is 0.270 e. The summed E-state index contributed by atoms with van der Waals surface area (Å²) in [5.74, 6) is 0.888. The summed E-state index contributed by atoms with van der Waals surface area (Å²) in [6, 6.07) is 15.2. The first-order valence-corrected chi connectivity index (χ1v) is 13.5. The number of halogens is 1. The Kier molecular flexibility index (Phi) is 7.05. The number of nitrogens with zero attached hydrogens (tertiary/aromatic N) is 6. The van der Waals surface area contributed by atoms with Gasteiger partial charge in [0.25, 0.3) is 5.91 Å². The van der Waals surface area contributed by atoms with Gasteiger partial charge in [-0.1, -0.05) is 48.6 Å². The second kappa shape index (κ2) is 10.9. The molecule has 1 fully saturated rings. The van der Waals surface area contributed by atoms with Gasteiger partial charge in [0.15, 0.2) is 0 Å². The molecule has 0 unspecified atom stereocenters. The second-order valence-electron chi connectivity index (χ2n) is 10.2. The number of hydrogen-bond acceptors (Lipinski definition) is 5. The molecule has 1 aromatic heterocycles. The van der Waals surface area contributed by atoms with Crippen LogP contribution in [0.2, 0.25) is 0 Å². The highest BCUT2D eigenvalue weighted by Crippen LogP contribution is 2.28. The van der Waals surface area contributed by atoms with E-state index in [2.05, 4.69) is 50.4 Å². The van der Waals surface area contributed by atoms with Crippen LogP contribution in [0.15, 0.2) is 78.9 Å². The van der Waals surface area contributed by atoms with E-state index in [4.69, 9.17) is 0 Å². The molecule has 0 atom stereocenters. The van der Waals surface area contributed by atoms with Crippen LogP contribution in [-0.4, -0.2) is 61.0 Å². The topological polar surface area (TPSA) is 57.5 Å². The smallest absolute Gasteiger partial charge is 0.270 e. The monoisotopic (exact) mass is 512 g/mol. The maximum absolute atomic E-state index is 13.8. The van der Waals surface area contributed by atoms with Crippen LogP contribution in [-0.2, 0) is 24.4 Å². The summed E-state index contributed by atoms with van der Waals surface area (Å²) in [5, 5.41) is 4.29. The largest absolute Gasteiger partial charge is 0.340 e. The molecule has 3 aromatic rings. The molecule has 2 aromatic carbocycles. The summed E-state index contributed by atoms with van der Waals surface area (Å²) in [7, 11) is 0. The summed E-state index contributed by atoms with van der Waals surface area (Å²) >= 11 is 0. The van der Waals surface area contributed by atoms with Crippen molar-refractivity contribution in [1.29, 1.82) is 0 Å². The molecule has 3 aliphatic rings. The fraction of sp³-hybridized carbons (Fsp3) is 0.367. The standard InChI is InChI=1S/C30H33FN6O/c31-25-11-9-23(10-12-25)27-7-4-3-6-24(27)20-36-15-5-1-2-8-28(36)30(38)34-16-13-26(14-17-34)35-18-19-37-29(21-35)32-22-33-37/h3-12,15,22,26H,1-2,13-14,16-21H2. The van der Waals surface area contributed by atoms with Crippen LogP contribution in [0.3, 0.4) is 0 Å². The van der Waals surface area contributed by atoms with Gasteiger partial charge in [0.2, 0.25) is 0 Å². The number of amides is 1. The molecule has 4 heterocycles. The van der Waals surface area contributed by atoms with Gasteiger partial charge in [-0.3, -0.25) is 9.69 Å². The first kappa shape index (κ1) is 24.6. The number of aromatic nitrogens is 3. The number of carbonyl (C=O) groups excluding carboxylic acids is 1. The van der Waals surface area contributed by atoms with E-state index in [9.17, 15) is 9.18 Å². The molecule has 0 saturated carbocycles. The van der Waals surface area contributed by atoms with Crippen molar-refractivity contribution in [3.8, 4) is 11.1 Å². The first-order valence-electron chi connectivity index (χ1n) is 13.5. The van der Waals surface area contributed by atoms with Crippen molar-refractivity contribution < 1.29 is 9.18 Å². The molecule has 0 radical (unpaired) electrons. The highest BCUT2D eigenvalue weighted by molar-refractivity contribution is 5.93. The van der Waals surface area contributed by atoms with Gasteiger partial charge >= 0.3 is 0 Å². The Bertz CT molecular complexity index is 1340. The van der Waals surface area contributed by atoms with Crippen molar-refractivity contribution in [1.82, 2.24) is 29.5 Å². The van der Waals surface area contributed by atoms with E-state index >= 15 is 0 Å². The number of benzene rings is 2. The first-order chi connectivity index (χ1) is 18.7. The van der Waals surface area contributed by atoms with Crippen molar-refractivity contribution in [3.05, 3.63) is 96.1 Å². The third-order valence-electron chi connectivity index (χ3n) is 7.91. The lowest BCUT2D eigenvalue weighted by molar-refractivity contribution is -0.130. The Balaban J connectivity index is 1.14. The highest BCUT2D eigenvalue weighted by Gasteiger charge is 2.31. The van der Waals surface area contributed by atoms with E-state index in [1.54, 1.807) is 6.33 Å². The summed E-state index contributed by atoms with van der Waals surface area (Å²) < 4.78 is 15.5. The molecule has 0 bridgehead atoms. The normalized spacial score (nSPS) is 18.7. The van der Waals surface area contributed by atoms with E-state index in [0.29, 0.717) is 12.6 Å². The molecule has 196 valence electrons. The average Bonchev–Trinajstić information content (AvgIpc) is 3.31. The molecule has 0 N–H and O–H groups in total. The predicted octanol–water partition coefficient (Wildman–Crippen LogP) is 4.58. The lowest BCUT2D eigenvalue weighted by Gasteiger charge is -2.40. The van der Waals surface area contributed by atoms with Crippen LogP contribution in [0, 0.1) is 5.82 Å². The number of hydrogen-bond donors (Lipinski definition) is 0. The van der Waals surface area contributed by atoms with E-state index in [0.717, 1.165) is 86.6 Å². The van der Waals surface area contributed by atoms with Crippen LogP contribution in [0.4, 0.5) is 4.39 Å². The van der Waals surface area contributed by atoms with Gasteiger partial charge in [-0.05, 0) is 54.5 Å². The molecule has 3 aliphatic heterocycles. The molecule has 38 heavy (non-hydrogen) atoms. The SMILES string of the molecule is O=C(C1=CCCC=CN1Cc1ccccc1-c1ccc(F)cc1)N1CCC(N2CCn3ncnc3C2)CC1. The zero-order valence-electron chi connectivity index (χ0n) is 21.5. The quantitative estimate of drug-likeness (QED) is 0.501. The van der Waals surface area contributed by atoms with Gasteiger partial charge in [-0.2, -0.15) is 5.10 Å². The van der Waals surface area contributed by atoms with Crippen molar-refractivity contribution in [3.63, 3.8) is 0 Å².